The molecule has 0 atom stereocenters. The van der Waals surface area contributed by atoms with Crippen LogP contribution in [0, 0.1) is 0 Å². The highest BCUT2D eigenvalue weighted by Gasteiger charge is 2.20. The maximum absolute atomic E-state index is 12.0. The number of carboxylic acid groups (broad SMARTS) is 1. The Morgan fingerprint density at radius 2 is 1.68 bits per heavy atom. The fourth-order valence-corrected chi connectivity index (χ4v) is 4.51. The van der Waals surface area contributed by atoms with Gasteiger partial charge in [0.1, 0.15) is 4.21 Å². The summed E-state index contributed by atoms with van der Waals surface area (Å²) in [4.78, 5) is 11.3. The predicted molar refractivity (Wildman–Crippen MR) is 110 cm³/mol. The van der Waals surface area contributed by atoms with Crippen LogP contribution in [0.1, 0.15) is 12.8 Å². The van der Waals surface area contributed by atoms with E-state index in [1.807, 2.05) is 0 Å². The number of thiophene rings is 1. The van der Waals surface area contributed by atoms with Crippen LogP contribution < -0.4 is 14.2 Å². The van der Waals surface area contributed by atoms with Gasteiger partial charge in [0.2, 0.25) is 0 Å². The smallest absolute Gasteiger partial charge is 0.418 e. The number of benzene rings is 1. The largest absolute Gasteiger partial charge is 0.490 e. The molecule has 11 heteroatoms. The first-order chi connectivity index (χ1) is 13.4. The molecule has 28 heavy (non-hydrogen) atoms. The van der Waals surface area contributed by atoms with E-state index in [9.17, 15) is 13.2 Å². The Morgan fingerprint density at radius 3 is 2.29 bits per heavy atom. The summed E-state index contributed by atoms with van der Waals surface area (Å²) in [6.07, 6.45) is -0.286. The van der Waals surface area contributed by atoms with Crippen molar-refractivity contribution in [3.63, 3.8) is 0 Å². The van der Waals surface area contributed by atoms with Crippen LogP contribution in [0.5, 0.6) is 11.5 Å². The second-order valence-corrected chi connectivity index (χ2v) is 9.22. The molecule has 0 unspecified atom stereocenters. The third-order valence-corrected chi connectivity index (χ3v) is 6.85. The van der Waals surface area contributed by atoms with Crippen LogP contribution in [0.3, 0.4) is 0 Å². The molecule has 0 saturated carbocycles. The lowest BCUT2D eigenvalue weighted by Gasteiger charge is -2.13. The van der Waals surface area contributed by atoms with E-state index in [2.05, 4.69) is 0 Å². The average molecular weight is 468 g/mol. The zero-order valence-electron chi connectivity index (χ0n) is 14.7. The number of alkyl halides is 2. The second kappa shape index (κ2) is 10.8. The van der Waals surface area contributed by atoms with Gasteiger partial charge in [-0.05, 0) is 48.7 Å². The van der Waals surface area contributed by atoms with Crippen molar-refractivity contribution in [2.75, 3.05) is 25.0 Å². The Hall–Kier alpha value is -1.68. The molecule has 2 aromatic rings. The lowest BCUT2D eigenvalue weighted by molar-refractivity contribution is 0.201. The molecule has 0 aliphatic carbocycles. The van der Waals surface area contributed by atoms with Crippen LogP contribution in [0.4, 0.5) is 4.79 Å². The number of hydrogen-bond acceptors (Lipinski definition) is 6. The normalized spacial score (nSPS) is 11.2. The first-order valence-corrected chi connectivity index (χ1v) is 11.6. The van der Waals surface area contributed by atoms with Gasteiger partial charge in [-0.3, -0.25) is 0 Å². The zero-order valence-corrected chi connectivity index (χ0v) is 17.8. The van der Waals surface area contributed by atoms with Crippen molar-refractivity contribution >= 4 is 50.7 Å². The Balaban J connectivity index is 2.27. The molecule has 1 amide bonds. The number of rotatable bonds is 11. The summed E-state index contributed by atoms with van der Waals surface area (Å²) in [7, 11) is -4.11. The maximum atomic E-state index is 12.0. The van der Waals surface area contributed by atoms with E-state index in [-0.39, 0.29) is 4.21 Å². The highest BCUT2D eigenvalue weighted by molar-refractivity contribution is 7.92. The molecule has 0 spiro atoms. The van der Waals surface area contributed by atoms with Gasteiger partial charge in [0, 0.05) is 16.6 Å². The summed E-state index contributed by atoms with van der Waals surface area (Å²) < 4.78 is 36.8. The van der Waals surface area contributed by atoms with Gasteiger partial charge in [0.05, 0.1) is 13.2 Å². The SMILES string of the molecule is O=C(O)NS(=O)(=O)c1ccc(-c2ccc(OCCCCl)c(OCCCCl)c2)s1. The number of halogens is 2. The van der Waals surface area contributed by atoms with Gasteiger partial charge in [-0.2, -0.15) is 0 Å². The van der Waals surface area contributed by atoms with Crippen LogP contribution in [-0.4, -0.2) is 44.6 Å². The quantitative estimate of drug-likeness (QED) is 0.375. The number of sulfonamides is 1. The molecule has 0 aliphatic rings. The Bertz CT molecular complexity index is 901. The third kappa shape index (κ3) is 6.44. The number of amides is 1. The molecule has 0 saturated heterocycles. The number of nitrogens with one attached hydrogen (secondary N) is 1. The number of carbonyl (C=O) groups is 1. The minimum absolute atomic E-state index is 0.100. The van der Waals surface area contributed by atoms with Crippen molar-refractivity contribution in [1.29, 1.82) is 0 Å². The van der Waals surface area contributed by atoms with E-state index in [0.29, 0.717) is 59.8 Å². The lowest BCUT2D eigenvalue weighted by Crippen LogP contribution is -2.28. The topological polar surface area (TPSA) is 102 Å². The Morgan fingerprint density at radius 1 is 1.04 bits per heavy atom. The van der Waals surface area contributed by atoms with Crippen molar-refractivity contribution in [2.24, 2.45) is 0 Å². The second-order valence-electron chi connectivity index (χ2n) is 5.47. The summed E-state index contributed by atoms with van der Waals surface area (Å²) in [5.41, 5.74) is 0.715. The van der Waals surface area contributed by atoms with Gasteiger partial charge < -0.3 is 14.6 Å². The van der Waals surface area contributed by atoms with E-state index >= 15 is 0 Å². The fourth-order valence-electron chi connectivity index (χ4n) is 2.15. The lowest BCUT2D eigenvalue weighted by atomic mass is 10.1. The summed E-state index contributed by atoms with van der Waals surface area (Å²) in [5.74, 6) is 2.02. The van der Waals surface area contributed by atoms with E-state index in [4.69, 9.17) is 37.8 Å². The molecule has 1 heterocycles. The molecule has 1 aromatic carbocycles. The number of ether oxygens (including phenoxy) is 2. The summed E-state index contributed by atoms with van der Waals surface area (Å²) >= 11 is 12.3. The standard InChI is InChI=1S/C17H19Cl2NO6S2/c18-7-1-9-25-13-4-3-12(11-14(13)26-10-2-8-19)15-5-6-16(27-15)28(23,24)20-17(21)22/h3-6,11,20H,1-2,7-10H2,(H,21,22). The minimum atomic E-state index is -4.11. The van der Waals surface area contributed by atoms with E-state index < -0.39 is 16.1 Å². The highest BCUT2D eigenvalue weighted by Crippen LogP contribution is 2.37. The molecule has 2 N–H and O–H groups in total. The van der Waals surface area contributed by atoms with Crippen LogP contribution in [0.25, 0.3) is 10.4 Å². The summed E-state index contributed by atoms with van der Waals surface area (Å²) in [6, 6.07) is 8.22. The third-order valence-electron chi connectivity index (χ3n) is 3.37. The molecular weight excluding hydrogens is 449 g/mol. The van der Waals surface area contributed by atoms with Crippen LogP contribution in [0.15, 0.2) is 34.5 Å². The molecule has 0 fully saturated rings. The van der Waals surface area contributed by atoms with Crippen LogP contribution >= 0.6 is 34.5 Å². The zero-order chi connectivity index (χ0) is 20.6. The van der Waals surface area contributed by atoms with Crippen molar-refractivity contribution in [1.82, 2.24) is 4.72 Å². The van der Waals surface area contributed by atoms with Gasteiger partial charge in [0.25, 0.3) is 10.0 Å². The molecule has 0 aliphatic heterocycles. The molecule has 154 valence electrons. The van der Waals surface area contributed by atoms with Gasteiger partial charge in [-0.15, -0.1) is 34.5 Å². The van der Waals surface area contributed by atoms with E-state index in [1.54, 1.807) is 24.3 Å². The molecule has 7 nitrogen and oxygen atoms in total. The molecule has 1 aromatic heterocycles. The molecule has 0 bridgehead atoms. The number of hydrogen-bond donors (Lipinski definition) is 2. The first-order valence-electron chi connectivity index (χ1n) is 8.25. The monoisotopic (exact) mass is 467 g/mol. The van der Waals surface area contributed by atoms with E-state index in [0.717, 1.165) is 11.3 Å². The predicted octanol–water partition coefficient (Wildman–Crippen LogP) is 4.39. The summed E-state index contributed by atoms with van der Waals surface area (Å²) in [5, 5.41) is 8.66. The molecular formula is C17H19Cl2NO6S2. The van der Waals surface area contributed by atoms with Gasteiger partial charge >= 0.3 is 6.09 Å². The van der Waals surface area contributed by atoms with E-state index in [1.165, 1.54) is 10.8 Å². The molecule has 2 rings (SSSR count). The van der Waals surface area contributed by atoms with Crippen LogP contribution in [0.2, 0.25) is 0 Å². The van der Waals surface area contributed by atoms with Gasteiger partial charge in [-0.25, -0.2) is 17.9 Å². The van der Waals surface area contributed by atoms with Crippen molar-refractivity contribution in [3.8, 4) is 21.9 Å². The first kappa shape index (κ1) is 22.6. The average Bonchev–Trinajstić information content (AvgIpc) is 3.13. The maximum Gasteiger partial charge on any atom is 0.418 e. The van der Waals surface area contributed by atoms with Crippen LogP contribution in [-0.2, 0) is 10.0 Å². The minimum Gasteiger partial charge on any atom is -0.490 e. The fraction of sp³-hybridized carbons (Fsp3) is 0.353. The highest BCUT2D eigenvalue weighted by atomic mass is 35.5. The Kier molecular flexibility index (Phi) is 8.68. The van der Waals surface area contributed by atoms with Crippen molar-refractivity contribution in [3.05, 3.63) is 30.3 Å². The van der Waals surface area contributed by atoms with Crippen molar-refractivity contribution in [2.45, 2.75) is 17.1 Å². The Labute approximate surface area is 177 Å². The molecule has 0 radical (unpaired) electrons. The van der Waals surface area contributed by atoms with Crippen molar-refractivity contribution < 1.29 is 27.8 Å². The van der Waals surface area contributed by atoms with Gasteiger partial charge in [-0.1, -0.05) is 0 Å². The van der Waals surface area contributed by atoms with Gasteiger partial charge in [0.15, 0.2) is 11.5 Å². The summed E-state index contributed by atoms with van der Waals surface area (Å²) in [6.45, 7) is 0.850.